The van der Waals surface area contributed by atoms with Crippen LogP contribution in [0.25, 0.3) is 0 Å². The van der Waals surface area contributed by atoms with E-state index in [1.54, 1.807) is 6.26 Å². The molecule has 1 saturated carbocycles. The third kappa shape index (κ3) is 1.99. The number of furan rings is 1. The van der Waals surface area contributed by atoms with Crippen LogP contribution >= 0.6 is 0 Å². The highest BCUT2D eigenvalue weighted by Gasteiger charge is 2.66. The first-order chi connectivity index (χ1) is 12.5. The van der Waals surface area contributed by atoms with Crippen molar-refractivity contribution in [2.45, 2.75) is 51.2 Å². The van der Waals surface area contributed by atoms with Crippen LogP contribution < -0.4 is 0 Å². The number of ketones is 2. The highest BCUT2D eigenvalue weighted by atomic mass is 16.5. The van der Waals surface area contributed by atoms with Gasteiger partial charge in [-0.15, -0.1) is 0 Å². The van der Waals surface area contributed by atoms with E-state index in [0.717, 1.165) is 34.4 Å². The molecule has 0 N–H and O–H groups in total. The summed E-state index contributed by atoms with van der Waals surface area (Å²) in [6, 6.07) is 7.93. The van der Waals surface area contributed by atoms with E-state index in [1.165, 1.54) is 0 Å². The van der Waals surface area contributed by atoms with Crippen LogP contribution in [0.15, 0.2) is 34.9 Å². The van der Waals surface area contributed by atoms with Crippen LogP contribution in [-0.4, -0.2) is 23.8 Å². The van der Waals surface area contributed by atoms with Gasteiger partial charge in [-0.3, -0.25) is 9.59 Å². The second-order valence-electron chi connectivity index (χ2n) is 8.10. The Morgan fingerprint density at radius 3 is 2.35 bits per heavy atom. The molecule has 4 nitrogen and oxygen atoms in total. The Hall–Kier alpha value is -2.20. The molecule has 2 aromatic rings. The molecule has 1 aromatic heterocycles. The fourth-order valence-corrected chi connectivity index (χ4v) is 5.67. The summed E-state index contributed by atoms with van der Waals surface area (Å²) in [5.74, 6) is -0.214. The quantitative estimate of drug-likeness (QED) is 0.776. The molecule has 6 atom stereocenters. The number of aryl methyl sites for hydroxylation is 3. The minimum atomic E-state index is -0.630. The molecule has 0 radical (unpaired) electrons. The number of rotatable bonds is 2. The van der Waals surface area contributed by atoms with Crippen molar-refractivity contribution in [3.05, 3.63) is 58.5 Å². The summed E-state index contributed by atoms with van der Waals surface area (Å²) in [5, 5.41) is 0. The molecule has 3 fully saturated rings. The Bertz CT molecular complexity index is 887. The van der Waals surface area contributed by atoms with Crippen molar-refractivity contribution in [3.63, 3.8) is 0 Å². The van der Waals surface area contributed by atoms with Crippen LogP contribution in [0.5, 0.6) is 0 Å². The Balaban J connectivity index is 1.54. The van der Waals surface area contributed by atoms with Crippen LogP contribution in [0.4, 0.5) is 0 Å². The lowest BCUT2D eigenvalue weighted by atomic mass is 9.74. The van der Waals surface area contributed by atoms with Gasteiger partial charge in [-0.05, 0) is 56.0 Å². The predicted molar refractivity (Wildman–Crippen MR) is 95.1 cm³/mol. The summed E-state index contributed by atoms with van der Waals surface area (Å²) in [6.07, 6.45) is 2.02. The highest BCUT2D eigenvalue weighted by Crippen LogP contribution is 2.57. The number of carbonyl (C=O) groups excluding carboxylic acids is 2. The number of hydrogen-bond donors (Lipinski definition) is 0. The van der Waals surface area contributed by atoms with Crippen LogP contribution in [0.3, 0.4) is 0 Å². The number of carbonyl (C=O) groups is 2. The van der Waals surface area contributed by atoms with Gasteiger partial charge >= 0.3 is 0 Å². The first-order valence-corrected chi connectivity index (χ1v) is 9.31. The standard InChI is InChI=1S/C22H22O4/c1-10-7-11(2)16(12(3)8-10)18-20(23)17-15-9-13(14-5-4-6-25-14)22(26-15)19(17)21(18)24/h4-8,13,15,17-19,22H,9H2,1-3H3/t13-,15-,17-,18?,19+,22+/m0/s1. The molecule has 5 rings (SSSR count). The zero-order valence-electron chi connectivity index (χ0n) is 15.2. The van der Waals surface area contributed by atoms with Crippen LogP contribution in [0.1, 0.15) is 46.3 Å². The number of ether oxygens (including phenoxy) is 1. The van der Waals surface area contributed by atoms with Gasteiger partial charge in [0.25, 0.3) is 0 Å². The molecular formula is C22H22O4. The molecule has 1 aromatic carbocycles. The maximum atomic E-state index is 13.4. The van der Waals surface area contributed by atoms with Crippen molar-refractivity contribution in [1.82, 2.24) is 0 Å². The summed E-state index contributed by atoms with van der Waals surface area (Å²) >= 11 is 0. The van der Waals surface area contributed by atoms with E-state index in [1.807, 2.05) is 32.9 Å². The Labute approximate surface area is 152 Å². The average molecular weight is 350 g/mol. The summed E-state index contributed by atoms with van der Waals surface area (Å²) in [7, 11) is 0. The van der Waals surface area contributed by atoms with E-state index in [-0.39, 0.29) is 41.5 Å². The third-order valence-electron chi connectivity index (χ3n) is 6.52. The van der Waals surface area contributed by atoms with Gasteiger partial charge in [0.1, 0.15) is 11.7 Å². The molecule has 2 aliphatic heterocycles. The van der Waals surface area contributed by atoms with E-state index >= 15 is 0 Å². The molecular weight excluding hydrogens is 328 g/mol. The zero-order valence-corrected chi connectivity index (χ0v) is 15.2. The van der Waals surface area contributed by atoms with Crippen molar-refractivity contribution in [3.8, 4) is 0 Å². The Morgan fingerprint density at radius 2 is 1.69 bits per heavy atom. The van der Waals surface area contributed by atoms with Gasteiger partial charge < -0.3 is 9.15 Å². The van der Waals surface area contributed by atoms with Crippen molar-refractivity contribution in [1.29, 1.82) is 0 Å². The van der Waals surface area contributed by atoms with Crippen molar-refractivity contribution in [2.75, 3.05) is 0 Å². The van der Waals surface area contributed by atoms with Gasteiger partial charge in [-0.2, -0.15) is 0 Å². The van der Waals surface area contributed by atoms with E-state index in [9.17, 15) is 9.59 Å². The number of hydrogen-bond acceptors (Lipinski definition) is 4. The van der Waals surface area contributed by atoms with E-state index in [0.29, 0.717) is 0 Å². The third-order valence-corrected chi connectivity index (χ3v) is 6.52. The first-order valence-electron chi connectivity index (χ1n) is 9.31. The molecule has 134 valence electrons. The Morgan fingerprint density at radius 1 is 1.00 bits per heavy atom. The van der Waals surface area contributed by atoms with Crippen LogP contribution in [0, 0.1) is 32.6 Å². The molecule has 0 amide bonds. The molecule has 3 aliphatic rings. The smallest absolute Gasteiger partial charge is 0.154 e. The first kappa shape index (κ1) is 16.0. The number of fused-ring (bicyclic) bond motifs is 5. The van der Waals surface area contributed by atoms with Crippen LogP contribution in [-0.2, 0) is 14.3 Å². The molecule has 0 spiro atoms. The van der Waals surface area contributed by atoms with Gasteiger partial charge in [0, 0.05) is 5.92 Å². The topological polar surface area (TPSA) is 56.5 Å². The molecule has 3 heterocycles. The molecule has 4 heteroatoms. The van der Waals surface area contributed by atoms with Crippen LogP contribution in [0.2, 0.25) is 0 Å². The lowest BCUT2D eigenvalue weighted by molar-refractivity contribution is -0.127. The Kier molecular flexibility index (Phi) is 3.32. The van der Waals surface area contributed by atoms with Crippen molar-refractivity contribution in [2.24, 2.45) is 11.8 Å². The molecule has 2 bridgehead atoms. The largest absolute Gasteiger partial charge is 0.469 e. The molecule has 1 aliphatic carbocycles. The average Bonchev–Trinajstić information content (AvgIpc) is 3.33. The second-order valence-corrected chi connectivity index (χ2v) is 8.10. The van der Waals surface area contributed by atoms with Gasteiger partial charge in [0.15, 0.2) is 11.6 Å². The molecule has 1 unspecified atom stereocenters. The SMILES string of the molecule is Cc1cc(C)c(C2C(=O)[C@@H]3[C@@H]4O[C@@H](C[C@H]4c4ccco4)[C@@H]3C2=O)c(C)c1. The fraction of sp³-hybridized carbons (Fsp3) is 0.455. The second kappa shape index (κ2) is 5.40. The summed E-state index contributed by atoms with van der Waals surface area (Å²) in [4.78, 5) is 26.6. The van der Waals surface area contributed by atoms with Gasteiger partial charge in [-0.1, -0.05) is 17.7 Å². The number of benzene rings is 1. The molecule has 26 heavy (non-hydrogen) atoms. The minimum absolute atomic E-state index is 0.0406. The van der Waals surface area contributed by atoms with Crippen molar-refractivity contribution < 1.29 is 18.7 Å². The normalized spacial score (nSPS) is 35.3. The highest BCUT2D eigenvalue weighted by molar-refractivity contribution is 6.17. The zero-order chi connectivity index (χ0) is 18.2. The predicted octanol–water partition coefficient (Wildman–Crippen LogP) is 3.63. The fourth-order valence-electron chi connectivity index (χ4n) is 5.67. The van der Waals surface area contributed by atoms with Gasteiger partial charge in [0.2, 0.25) is 0 Å². The summed E-state index contributed by atoms with van der Waals surface area (Å²) < 4.78 is 11.6. The lowest BCUT2D eigenvalue weighted by Crippen LogP contribution is -2.33. The van der Waals surface area contributed by atoms with Crippen molar-refractivity contribution >= 4 is 11.6 Å². The number of Topliss-reactive ketones (excluding diaryl/α,β-unsaturated/α-hetero) is 2. The minimum Gasteiger partial charge on any atom is -0.469 e. The van der Waals surface area contributed by atoms with Gasteiger partial charge in [0.05, 0.1) is 30.3 Å². The lowest BCUT2D eigenvalue weighted by Gasteiger charge is -2.24. The maximum absolute atomic E-state index is 13.4. The summed E-state index contributed by atoms with van der Waals surface area (Å²) in [6.45, 7) is 6.04. The van der Waals surface area contributed by atoms with E-state index in [4.69, 9.17) is 9.15 Å². The summed E-state index contributed by atoms with van der Waals surface area (Å²) in [5.41, 5.74) is 4.13. The van der Waals surface area contributed by atoms with E-state index < -0.39 is 5.92 Å². The monoisotopic (exact) mass is 350 g/mol. The maximum Gasteiger partial charge on any atom is 0.154 e. The molecule has 2 saturated heterocycles. The van der Waals surface area contributed by atoms with Gasteiger partial charge in [-0.25, -0.2) is 0 Å². The van der Waals surface area contributed by atoms with E-state index in [2.05, 4.69) is 12.1 Å².